The molecule has 0 aliphatic rings. The molecule has 0 aromatic rings. The van der Waals surface area contributed by atoms with Crippen LogP contribution < -0.4 is 5.32 Å². The molecule has 0 radical (unpaired) electrons. The number of ether oxygens (including phenoxy) is 2. The van der Waals surface area contributed by atoms with Crippen LogP contribution in [-0.2, 0) is 9.47 Å². The fourth-order valence-electron chi connectivity index (χ4n) is 1.10. The highest BCUT2D eigenvalue weighted by atomic mass is 16.6. The topological polar surface area (TPSA) is 47.6 Å². The van der Waals surface area contributed by atoms with Gasteiger partial charge in [0.05, 0.1) is 6.61 Å². The van der Waals surface area contributed by atoms with E-state index in [1.54, 1.807) is 0 Å². The first-order chi connectivity index (χ1) is 7.66. The van der Waals surface area contributed by atoms with E-state index in [0.717, 1.165) is 0 Å². The number of alkyl carbamates (subject to hydrolysis) is 1. The zero-order valence-corrected chi connectivity index (χ0v) is 11.4. The van der Waals surface area contributed by atoms with Crippen LogP contribution in [0.25, 0.3) is 0 Å². The lowest BCUT2D eigenvalue weighted by Crippen LogP contribution is -2.46. The van der Waals surface area contributed by atoms with E-state index in [4.69, 9.17) is 15.9 Å². The minimum absolute atomic E-state index is 0.294. The van der Waals surface area contributed by atoms with E-state index in [9.17, 15) is 4.79 Å². The van der Waals surface area contributed by atoms with Gasteiger partial charge < -0.3 is 14.8 Å². The summed E-state index contributed by atoms with van der Waals surface area (Å²) in [5.74, 6) is 2.39. The van der Waals surface area contributed by atoms with Gasteiger partial charge >= 0.3 is 6.09 Å². The first-order valence-corrected chi connectivity index (χ1v) is 5.69. The molecule has 1 N–H and O–H groups in total. The Morgan fingerprint density at radius 1 is 1.29 bits per heavy atom. The quantitative estimate of drug-likeness (QED) is 0.593. The third kappa shape index (κ3) is 9.70. The molecule has 0 bridgehead atoms. The van der Waals surface area contributed by atoms with Crippen molar-refractivity contribution in [3.05, 3.63) is 0 Å². The zero-order chi connectivity index (χ0) is 13.5. The van der Waals surface area contributed by atoms with Gasteiger partial charge in [0.1, 0.15) is 12.2 Å². The van der Waals surface area contributed by atoms with Crippen molar-refractivity contribution in [3.63, 3.8) is 0 Å². The Morgan fingerprint density at radius 2 is 1.88 bits per heavy atom. The first kappa shape index (κ1) is 15.8. The monoisotopic (exact) mass is 241 g/mol. The molecule has 0 spiro atoms. The predicted molar refractivity (Wildman–Crippen MR) is 67.7 cm³/mol. The molecule has 98 valence electrons. The Kier molecular flexibility index (Phi) is 6.04. The Labute approximate surface area is 104 Å². The molecule has 0 heterocycles. The number of hydrogen-bond donors (Lipinski definition) is 1. The van der Waals surface area contributed by atoms with Gasteiger partial charge in [-0.05, 0) is 41.0 Å². The molecule has 0 atom stereocenters. The average Bonchev–Trinajstić information content (AvgIpc) is 2.08. The van der Waals surface area contributed by atoms with Gasteiger partial charge in [-0.3, -0.25) is 0 Å². The standard InChI is InChI=1S/C13H23NO3/c1-7-9-16-10-8-13(5,6)14-11(15)17-12(2,3)4/h1H,8-10H2,2-6H3,(H,14,15). The van der Waals surface area contributed by atoms with Crippen LogP contribution in [0, 0.1) is 12.3 Å². The maximum atomic E-state index is 11.6. The van der Waals surface area contributed by atoms with Crippen molar-refractivity contribution >= 4 is 6.09 Å². The highest BCUT2D eigenvalue weighted by Gasteiger charge is 2.24. The lowest BCUT2D eigenvalue weighted by Gasteiger charge is -2.28. The predicted octanol–water partition coefficient (Wildman–Crippen LogP) is 2.33. The molecule has 0 aromatic heterocycles. The summed E-state index contributed by atoms with van der Waals surface area (Å²) in [6, 6.07) is 0. The molecule has 4 heteroatoms. The molecule has 0 aromatic carbocycles. The molecule has 0 aliphatic heterocycles. The molecule has 0 saturated carbocycles. The van der Waals surface area contributed by atoms with Crippen LogP contribution in [-0.4, -0.2) is 30.4 Å². The van der Waals surface area contributed by atoms with E-state index in [1.165, 1.54) is 0 Å². The molecular formula is C13H23NO3. The summed E-state index contributed by atoms with van der Waals surface area (Å²) in [5, 5.41) is 2.80. The molecule has 17 heavy (non-hydrogen) atoms. The Balaban J connectivity index is 3.99. The van der Waals surface area contributed by atoms with Crippen molar-refractivity contribution in [1.29, 1.82) is 0 Å². The van der Waals surface area contributed by atoms with Crippen LogP contribution in [0.3, 0.4) is 0 Å². The van der Waals surface area contributed by atoms with Gasteiger partial charge in [0.2, 0.25) is 0 Å². The van der Waals surface area contributed by atoms with E-state index in [0.29, 0.717) is 19.6 Å². The van der Waals surface area contributed by atoms with E-state index in [1.807, 2.05) is 34.6 Å². The fraction of sp³-hybridized carbons (Fsp3) is 0.769. The summed E-state index contributed by atoms with van der Waals surface area (Å²) in [7, 11) is 0. The molecule has 1 amide bonds. The van der Waals surface area contributed by atoms with Gasteiger partial charge in [0.25, 0.3) is 0 Å². The Morgan fingerprint density at radius 3 is 2.35 bits per heavy atom. The van der Waals surface area contributed by atoms with Crippen LogP contribution in [0.1, 0.15) is 41.0 Å². The van der Waals surface area contributed by atoms with Gasteiger partial charge in [-0.15, -0.1) is 6.42 Å². The van der Waals surface area contributed by atoms with Crippen molar-refractivity contribution in [2.45, 2.75) is 52.2 Å². The number of carbonyl (C=O) groups excluding carboxylic acids is 1. The van der Waals surface area contributed by atoms with Crippen molar-refractivity contribution in [1.82, 2.24) is 5.32 Å². The highest BCUT2D eigenvalue weighted by molar-refractivity contribution is 5.68. The summed E-state index contributed by atoms with van der Waals surface area (Å²) >= 11 is 0. The molecule has 0 fully saturated rings. The number of terminal acetylenes is 1. The number of amides is 1. The highest BCUT2D eigenvalue weighted by Crippen LogP contribution is 2.12. The van der Waals surface area contributed by atoms with Gasteiger partial charge in [0.15, 0.2) is 0 Å². The van der Waals surface area contributed by atoms with Crippen molar-refractivity contribution < 1.29 is 14.3 Å². The average molecular weight is 241 g/mol. The second-order valence-corrected chi connectivity index (χ2v) is 5.52. The van der Waals surface area contributed by atoms with Gasteiger partial charge in [-0.25, -0.2) is 4.79 Å². The Bertz CT molecular complexity index is 284. The summed E-state index contributed by atoms with van der Waals surface area (Å²) in [4.78, 5) is 11.6. The third-order valence-corrected chi connectivity index (χ3v) is 1.90. The van der Waals surface area contributed by atoms with E-state index in [-0.39, 0.29) is 5.54 Å². The maximum absolute atomic E-state index is 11.6. The summed E-state index contributed by atoms with van der Waals surface area (Å²) in [5.41, 5.74) is -0.864. The van der Waals surface area contributed by atoms with Crippen molar-refractivity contribution in [2.24, 2.45) is 0 Å². The minimum Gasteiger partial charge on any atom is -0.444 e. The molecule has 0 aliphatic carbocycles. The normalized spacial score (nSPS) is 11.8. The molecule has 4 nitrogen and oxygen atoms in total. The molecular weight excluding hydrogens is 218 g/mol. The molecule has 0 rings (SSSR count). The summed E-state index contributed by atoms with van der Waals surface area (Å²) < 4.78 is 10.4. The maximum Gasteiger partial charge on any atom is 0.408 e. The van der Waals surface area contributed by atoms with Gasteiger partial charge in [0, 0.05) is 5.54 Å². The second-order valence-electron chi connectivity index (χ2n) is 5.52. The van der Waals surface area contributed by atoms with Crippen LogP contribution in [0.5, 0.6) is 0 Å². The van der Waals surface area contributed by atoms with Gasteiger partial charge in [-0.2, -0.15) is 0 Å². The van der Waals surface area contributed by atoms with E-state index >= 15 is 0 Å². The van der Waals surface area contributed by atoms with E-state index in [2.05, 4.69) is 11.2 Å². The SMILES string of the molecule is C#CCOCCC(C)(C)NC(=O)OC(C)(C)C. The fourth-order valence-corrected chi connectivity index (χ4v) is 1.10. The first-order valence-electron chi connectivity index (χ1n) is 5.69. The van der Waals surface area contributed by atoms with Crippen LogP contribution in [0.4, 0.5) is 4.79 Å². The molecule has 0 saturated heterocycles. The second kappa shape index (κ2) is 6.51. The van der Waals surface area contributed by atoms with Crippen LogP contribution in [0.2, 0.25) is 0 Å². The number of hydrogen-bond acceptors (Lipinski definition) is 3. The number of nitrogens with one attached hydrogen (secondary N) is 1. The summed E-state index contributed by atoms with van der Waals surface area (Å²) in [6.45, 7) is 10.1. The van der Waals surface area contributed by atoms with Crippen molar-refractivity contribution in [2.75, 3.05) is 13.2 Å². The van der Waals surface area contributed by atoms with Crippen LogP contribution >= 0.6 is 0 Å². The smallest absolute Gasteiger partial charge is 0.408 e. The number of carbonyl (C=O) groups is 1. The third-order valence-electron chi connectivity index (χ3n) is 1.90. The lowest BCUT2D eigenvalue weighted by atomic mass is 10.0. The Hall–Kier alpha value is -1.21. The molecule has 0 unspecified atom stereocenters. The van der Waals surface area contributed by atoms with Crippen LogP contribution in [0.15, 0.2) is 0 Å². The number of rotatable bonds is 5. The minimum atomic E-state index is -0.486. The summed E-state index contributed by atoms with van der Waals surface area (Å²) in [6.07, 6.45) is 5.32. The largest absolute Gasteiger partial charge is 0.444 e. The van der Waals surface area contributed by atoms with Crippen molar-refractivity contribution in [3.8, 4) is 12.3 Å². The van der Waals surface area contributed by atoms with E-state index < -0.39 is 11.7 Å². The lowest BCUT2D eigenvalue weighted by molar-refractivity contribution is 0.0447. The zero-order valence-electron chi connectivity index (χ0n) is 11.4. The van der Waals surface area contributed by atoms with Gasteiger partial charge in [-0.1, -0.05) is 5.92 Å².